The number of nitrogens with one attached hydrogen (secondary N) is 2. The summed E-state index contributed by atoms with van der Waals surface area (Å²) in [5.41, 5.74) is 3.12. The van der Waals surface area contributed by atoms with Crippen LogP contribution in [0, 0.1) is 5.92 Å². The number of amides is 4. The van der Waals surface area contributed by atoms with Gasteiger partial charge in [0.25, 0.3) is 0 Å². The molecule has 42 heavy (non-hydrogen) atoms. The highest BCUT2D eigenvalue weighted by Crippen LogP contribution is 2.26. The van der Waals surface area contributed by atoms with Crippen molar-refractivity contribution >= 4 is 24.0 Å². The summed E-state index contributed by atoms with van der Waals surface area (Å²) in [6.07, 6.45) is -0.211. The van der Waals surface area contributed by atoms with E-state index in [-0.39, 0.29) is 37.4 Å². The van der Waals surface area contributed by atoms with Gasteiger partial charge in [0, 0.05) is 25.6 Å². The molecule has 4 rings (SSSR count). The molecule has 2 aromatic carbocycles. The van der Waals surface area contributed by atoms with Crippen LogP contribution in [0.3, 0.4) is 0 Å². The zero-order chi connectivity index (χ0) is 30.2. The number of benzene rings is 2. The van der Waals surface area contributed by atoms with Gasteiger partial charge in [-0.05, 0) is 42.4 Å². The highest BCUT2D eigenvalue weighted by molar-refractivity contribution is 5.92. The third kappa shape index (κ3) is 7.80. The average Bonchev–Trinajstić information content (AvgIpc) is 3.42. The van der Waals surface area contributed by atoms with Gasteiger partial charge in [0.2, 0.25) is 11.8 Å². The van der Waals surface area contributed by atoms with Gasteiger partial charge in [-0.25, -0.2) is 9.59 Å². The molecule has 0 spiro atoms. The molecule has 2 N–H and O–H groups in total. The minimum Gasteiger partial charge on any atom is -0.445 e. The number of rotatable bonds is 9. The molecular weight excluding hydrogens is 536 g/mol. The molecule has 2 aromatic rings. The highest BCUT2D eigenvalue weighted by atomic mass is 16.6. The van der Waals surface area contributed by atoms with Crippen molar-refractivity contribution in [3.63, 3.8) is 0 Å². The number of alkyl carbamates (subject to hydrolysis) is 1. The van der Waals surface area contributed by atoms with Crippen molar-refractivity contribution in [3.8, 4) is 0 Å². The number of likely N-dealkylation sites (tertiary alicyclic amines) is 1. The molecule has 1 saturated heterocycles. The Kier molecular flexibility index (Phi) is 10.4. The van der Waals surface area contributed by atoms with Crippen LogP contribution in [-0.4, -0.2) is 71.1 Å². The quantitative estimate of drug-likeness (QED) is 0.464. The molecule has 2 aliphatic rings. The van der Waals surface area contributed by atoms with Crippen molar-refractivity contribution in [1.29, 1.82) is 0 Å². The van der Waals surface area contributed by atoms with E-state index in [1.807, 2.05) is 76.2 Å². The first-order chi connectivity index (χ1) is 20.2. The van der Waals surface area contributed by atoms with Crippen LogP contribution in [0.1, 0.15) is 57.2 Å². The Morgan fingerprint density at radius 2 is 1.64 bits per heavy atom. The maximum absolute atomic E-state index is 13.9. The van der Waals surface area contributed by atoms with Crippen LogP contribution in [-0.2, 0) is 38.6 Å². The summed E-state index contributed by atoms with van der Waals surface area (Å²) < 4.78 is 11.2. The number of fused-ring (bicyclic) bond motifs is 1. The minimum atomic E-state index is -0.930. The van der Waals surface area contributed by atoms with Gasteiger partial charge in [-0.2, -0.15) is 0 Å². The second kappa shape index (κ2) is 14.2. The van der Waals surface area contributed by atoms with Gasteiger partial charge < -0.3 is 29.9 Å². The van der Waals surface area contributed by atoms with Crippen molar-refractivity contribution in [3.05, 3.63) is 71.3 Å². The van der Waals surface area contributed by atoms with E-state index in [1.165, 1.54) is 10.5 Å². The van der Waals surface area contributed by atoms with E-state index in [0.717, 1.165) is 24.0 Å². The molecule has 10 heteroatoms. The molecule has 0 saturated carbocycles. The summed E-state index contributed by atoms with van der Waals surface area (Å²) in [6.45, 7) is 8.59. The fourth-order valence-corrected chi connectivity index (χ4v) is 5.27. The first kappa shape index (κ1) is 30.9. The topological polar surface area (TPSA) is 117 Å². The molecule has 0 aromatic heterocycles. The molecule has 0 bridgehead atoms. The molecule has 0 radical (unpaired) electrons. The fraction of sp³-hybridized carbons (Fsp3) is 0.500. The molecular formula is C32H42N4O6. The van der Waals surface area contributed by atoms with Crippen molar-refractivity contribution < 1.29 is 28.7 Å². The van der Waals surface area contributed by atoms with E-state index >= 15 is 0 Å². The molecule has 2 aliphatic heterocycles. The largest absolute Gasteiger partial charge is 0.445 e. The molecule has 0 aliphatic carbocycles. The Labute approximate surface area is 247 Å². The maximum atomic E-state index is 13.9. The Morgan fingerprint density at radius 1 is 0.952 bits per heavy atom. The zero-order valence-corrected chi connectivity index (χ0v) is 24.9. The molecule has 4 amide bonds. The summed E-state index contributed by atoms with van der Waals surface area (Å²) in [4.78, 5) is 56.1. The van der Waals surface area contributed by atoms with Gasteiger partial charge in [0.15, 0.2) is 0 Å². The number of carbonyl (C=O) groups is 4. The number of carbonyl (C=O) groups excluding carboxylic acids is 4. The smallest absolute Gasteiger partial charge is 0.410 e. The Morgan fingerprint density at radius 3 is 2.33 bits per heavy atom. The fourth-order valence-electron chi connectivity index (χ4n) is 5.27. The van der Waals surface area contributed by atoms with E-state index in [9.17, 15) is 19.2 Å². The van der Waals surface area contributed by atoms with Gasteiger partial charge in [0.05, 0.1) is 6.54 Å². The number of hydrogen-bond donors (Lipinski definition) is 2. The Balaban J connectivity index is 1.44. The van der Waals surface area contributed by atoms with E-state index in [0.29, 0.717) is 13.1 Å². The van der Waals surface area contributed by atoms with Crippen LogP contribution in [0.25, 0.3) is 0 Å². The first-order valence-corrected chi connectivity index (χ1v) is 14.8. The lowest BCUT2D eigenvalue weighted by Crippen LogP contribution is -2.56. The standard InChI is InChI=1S/C32H42N4O6/c1-5-22(4)33-29(37)27-17-26(42-32(40)35-16-15-24-13-9-10-14-25(24)18-35)19-36(27)30(38)28(21(2)3)34-31(39)41-20-23-11-7-6-8-12-23/h6-14,21-22,26-28H,5,15-20H2,1-4H3,(H,33,37)(H,34,39)/t22-,26-,27+,28+/m1/s1. The number of hydrogen-bond acceptors (Lipinski definition) is 6. The molecule has 1 fully saturated rings. The lowest BCUT2D eigenvalue weighted by molar-refractivity contribution is -0.141. The third-order valence-electron chi connectivity index (χ3n) is 7.92. The van der Waals surface area contributed by atoms with Crippen LogP contribution in [0.4, 0.5) is 9.59 Å². The molecule has 2 heterocycles. The van der Waals surface area contributed by atoms with Crippen LogP contribution >= 0.6 is 0 Å². The lowest BCUT2D eigenvalue weighted by Gasteiger charge is -2.30. The summed E-state index contributed by atoms with van der Waals surface area (Å²) in [5.74, 6) is -1.01. The van der Waals surface area contributed by atoms with E-state index in [2.05, 4.69) is 16.7 Å². The Hall–Kier alpha value is -4.08. The number of ether oxygens (including phenoxy) is 2. The molecule has 226 valence electrons. The number of nitrogens with zero attached hydrogens (tertiary/aromatic N) is 2. The SMILES string of the molecule is CC[C@@H](C)NC(=O)[C@@H]1C[C@@H](OC(=O)N2CCc3ccccc3C2)CN1C(=O)[C@@H](NC(=O)OCc1ccccc1)C(C)C. The van der Waals surface area contributed by atoms with Crippen molar-refractivity contribution in [2.75, 3.05) is 13.1 Å². The van der Waals surface area contributed by atoms with Gasteiger partial charge in [-0.3, -0.25) is 9.59 Å². The predicted molar refractivity (Wildman–Crippen MR) is 157 cm³/mol. The monoisotopic (exact) mass is 578 g/mol. The second-order valence-corrected chi connectivity index (χ2v) is 11.4. The van der Waals surface area contributed by atoms with Gasteiger partial charge in [-0.15, -0.1) is 0 Å². The molecule has 0 unspecified atom stereocenters. The normalized spacial score (nSPS) is 19.5. The summed E-state index contributed by atoms with van der Waals surface area (Å²) in [7, 11) is 0. The summed E-state index contributed by atoms with van der Waals surface area (Å²) in [5, 5.41) is 5.65. The molecule has 10 nitrogen and oxygen atoms in total. The van der Waals surface area contributed by atoms with Crippen molar-refractivity contribution in [2.24, 2.45) is 5.92 Å². The van der Waals surface area contributed by atoms with Crippen LogP contribution in [0.5, 0.6) is 0 Å². The minimum absolute atomic E-state index is 0.0531. The van der Waals surface area contributed by atoms with E-state index < -0.39 is 36.3 Å². The average molecular weight is 579 g/mol. The van der Waals surface area contributed by atoms with Crippen molar-refractivity contribution in [1.82, 2.24) is 20.4 Å². The van der Waals surface area contributed by atoms with Crippen LogP contribution in [0.2, 0.25) is 0 Å². The zero-order valence-electron chi connectivity index (χ0n) is 24.9. The van der Waals surface area contributed by atoms with E-state index in [1.54, 1.807) is 4.90 Å². The van der Waals surface area contributed by atoms with Crippen molar-refractivity contribution in [2.45, 2.75) is 84.3 Å². The Bertz CT molecular complexity index is 1250. The third-order valence-corrected chi connectivity index (χ3v) is 7.92. The van der Waals surface area contributed by atoms with Crippen LogP contribution < -0.4 is 10.6 Å². The van der Waals surface area contributed by atoms with Gasteiger partial charge >= 0.3 is 12.2 Å². The van der Waals surface area contributed by atoms with Gasteiger partial charge in [0.1, 0.15) is 24.8 Å². The van der Waals surface area contributed by atoms with E-state index in [4.69, 9.17) is 9.47 Å². The summed E-state index contributed by atoms with van der Waals surface area (Å²) >= 11 is 0. The van der Waals surface area contributed by atoms with Crippen LogP contribution in [0.15, 0.2) is 54.6 Å². The van der Waals surface area contributed by atoms with Gasteiger partial charge in [-0.1, -0.05) is 75.4 Å². The second-order valence-electron chi connectivity index (χ2n) is 11.4. The lowest BCUT2D eigenvalue weighted by atomic mass is 10.0. The maximum Gasteiger partial charge on any atom is 0.410 e. The molecule has 4 atom stereocenters. The first-order valence-electron chi connectivity index (χ1n) is 14.8. The highest BCUT2D eigenvalue weighted by Gasteiger charge is 2.44. The predicted octanol–water partition coefficient (Wildman–Crippen LogP) is 4.02. The summed E-state index contributed by atoms with van der Waals surface area (Å²) in [6, 6.07) is 15.4.